The molecule has 0 N–H and O–H groups in total. The number of para-hydroxylation sites is 2. The average molecular weight is 871 g/mol. The number of hydrogen-bond donors (Lipinski definition) is 0. The van der Waals surface area contributed by atoms with E-state index < -0.39 is 0 Å². The SMILES string of the molecule is c1ccc(-c2cc3nc(-n4c5ccc(-c6cccc7c6c6ccccc6n7-c6ccccc6)cc5c5ccc6ccccc6c54)nc(-c4ccc(-c5cccc6ccccc56)cc4)c3s2)cc1. The van der Waals surface area contributed by atoms with Crippen LogP contribution in [0.4, 0.5) is 0 Å². The average Bonchev–Trinajstić information content (AvgIpc) is 4.09. The zero-order valence-electron chi connectivity index (χ0n) is 36.1. The fraction of sp³-hybridized carbons (Fsp3) is 0. The highest BCUT2D eigenvalue weighted by molar-refractivity contribution is 7.22. The van der Waals surface area contributed by atoms with Gasteiger partial charge in [-0.15, -0.1) is 11.3 Å². The number of nitrogens with zero attached hydrogens (tertiary/aromatic N) is 4. The maximum absolute atomic E-state index is 5.63. The number of hydrogen-bond acceptors (Lipinski definition) is 3. The Bertz CT molecular complexity index is 4250. The summed E-state index contributed by atoms with van der Waals surface area (Å²) in [5.74, 6) is 0.648. The van der Waals surface area contributed by atoms with Crippen LogP contribution >= 0.6 is 11.3 Å². The molecule has 0 aliphatic heterocycles. The maximum Gasteiger partial charge on any atom is 0.235 e. The van der Waals surface area contributed by atoms with Gasteiger partial charge in [0.25, 0.3) is 0 Å². The number of fused-ring (bicyclic) bond motifs is 10. The Balaban J connectivity index is 1.01. The van der Waals surface area contributed by atoms with Crippen molar-refractivity contribution in [1.82, 2.24) is 19.1 Å². The van der Waals surface area contributed by atoms with Crippen molar-refractivity contribution in [3.05, 3.63) is 231 Å². The van der Waals surface area contributed by atoms with Crippen LogP contribution in [-0.4, -0.2) is 19.1 Å². The molecule has 4 aromatic heterocycles. The van der Waals surface area contributed by atoms with Gasteiger partial charge in [-0.2, -0.15) is 0 Å². The molecule has 0 spiro atoms. The summed E-state index contributed by atoms with van der Waals surface area (Å²) in [5.41, 5.74) is 14.5. The number of rotatable bonds is 6. The predicted molar refractivity (Wildman–Crippen MR) is 283 cm³/mol. The third-order valence-electron chi connectivity index (χ3n) is 13.6. The second kappa shape index (κ2) is 15.0. The summed E-state index contributed by atoms with van der Waals surface area (Å²) in [6.45, 7) is 0. The lowest BCUT2D eigenvalue weighted by Crippen LogP contribution is -2.03. The fourth-order valence-corrected chi connectivity index (χ4v) is 11.6. The molecular weight excluding hydrogens is 833 g/mol. The van der Waals surface area contributed by atoms with Gasteiger partial charge in [-0.05, 0) is 86.4 Å². The van der Waals surface area contributed by atoms with Crippen molar-refractivity contribution in [3.63, 3.8) is 0 Å². The Labute approximate surface area is 389 Å². The molecule has 0 radical (unpaired) electrons. The minimum atomic E-state index is 0.648. The summed E-state index contributed by atoms with van der Waals surface area (Å²) in [5, 5.41) is 9.60. The first-order valence-corrected chi connectivity index (χ1v) is 23.5. The van der Waals surface area contributed by atoms with Gasteiger partial charge in [-0.1, -0.05) is 188 Å². The van der Waals surface area contributed by atoms with Crippen molar-refractivity contribution in [2.45, 2.75) is 0 Å². The van der Waals surface area contributed by atoms with Crippen molar-refractivity contribution >= 4 is 86.7 Å². The molecule has 0 atom stereocenters. The molecule has 14 aromatic rings. The van der Waals surface area contributed by atoms with Gasteiger partial charge in [0.1, 0.15) is 0 Å². The third kappa shape index (κ3) is 5.92. The van der Waals surface area contributed by atoms with Crippen LogP contribution in [0.3, 0.4) is 0 Å². The maximum atomic E-state index is 5.63. The van der Waals surface area contributed by atoms with Gasteiger partial charge >= 0.3 is 0 Å². The molecule has 0 aliphatic carbocycles. The van der Waals surface area contributed by atoms with Crippen molar-refractivity contribution in [3.8, 4) is 55.6 Å². The summed E-state index contributed by atoms with van der Waals surface area (Å²) in [7, 11) is 0. The summed E-state index contributed by atoms with van der Waals surface area (Å²) in [6.07, 6.45) is 0. The highest BCUT2D eigenvalue weighted by Crippen LogP contribution is 2.44. The van der Waals surface area contributed by atoms with Crippen molar-refractivity contribution in [2.75, 3.05) is 0 Å². The van der Waals surface area contributed by atoms with Gasteiger partial charge in [-0.3, -0.25) is 4.57 Å². The molecule has 0 bridgehead atoms. The predicted octanol–water partition coefficient (Wildman–Crippen LogP) is 16.9. The van der Waals surface area contributed by atoms with E-state index >= 15 is 0 Å². The number of thiophene rings is 1. The van der Waals surface area contributed by atoms with Crippen molar-refractivity contribution < 1.29 is 0 Å². The van der Waals surface area contributed by atoms with Gasteiger partial charge in [-0.25, -0.2) is 9.97 Å². The molecule has 14 rings (SSSR count). The van der Waals surface area contributed by atoms with Gasteiger partial charge in [0.05, 0.1) is 38.0 Å². The topological polar surface area (TPSA) is 35.6 Å². The molecule has 0 aliphatic rings. The Morgan fingerprint density at radius 1 is 0.358 bits per heavy atom. The minimum absolute atomic E-state index is 0.648. The van der Waals surface area contributed by atoms with E-state index in [2.05, 4.69) is 240 Å². The van der Waals surface area contributed by atoms with Crippen molar-refractivity contribution in [1.29, 1.82) is 0 Å². The smallest absolute Gasteiger partial charge is 0.235 e. The summed E-state index contributed by atoms with van der Waals surface area (Å²) in [6, 6.07) is 83.3. The van der Waals surface area contributed by atoms with Crippen LogP contribution in [0.1, 0.15) is 0 Å². The van der Waals surface area contributed by atoms with Crippen LogP contribution in [0.25, 0.3) is 131 Å². The van der Waals surface area contributed by atoms with Crippen LogP contribution < -0.4 is 0 Å². The van der Waals surface area contributed by atoms with E-state index in [4.69, 9.17) is 9.97 Å². The Kier molecular flexibility index (Phi) is 8.42. The van der Waals surface area contributed by atoms with Gasteiger partial charge < -0.3 is 4.57 Å². The van der Waals surface area contributed by atoms with Gasteiger partial charge in [0.2, 0.25) is 5.95 Å². The quantitative estimate of drug-likeness (QED) is 0.167. The lowest BCUT2D eigenvalue weighted by atomic mass is 9.97. The summed E-state index contributed by atoms with van der Waals surface area (Å²) in [4.78, 5) is 12.3. The molecule has 4 nitrogen and oxygen atoms in total. The first-order chi connectivity index (χ1) is 33.2. The second-order valence-corrected chi connectivity index (χ2v) is 18.4. The molecule has 312 valence electrons. The largest absolute Gasteiger partial charge is 0.309 e. The zero-order valence-corrected chi connectivity index (χ0v) is 37.0. The highest BCUT2D eigenvalue weighted by atomic mass is 32.1. The molecule has 0 fully saturated rings. The van der Waals surface area contributed by atoms with Gasteiger partial charge in [0.15, 0.2) is 0 Å². The highest BCUT2D eigenvalue weighted by Gasteiger charge is 2.23. The first-order valence-electron chi connectivity index (χ1n) is 22.7. The Morgan fingerprint density at radius 3 is 1.82 bits per heavy atom. The second-order valence-electron chi connectivity index (χ2n) is 17.3. The molecular formula is C62H38N4S. The van der Waals surface area contributed by atoms with Crippen LogP contribution in [0.15, 0.2) is 231 Å². The summed E-state index contributed by atoms with van der Waals surface area (Å²) >= 11 is 1.76. The molecule has 10 aromatic carbocycles. The van der Waals surface area contributed by atoms with E-state index in [9.17, 15) is 0 Å². The van der Waals surface area contributed by atoms with E-state index in [1.807, 2.05) is 0 Å². The van der Waals surface area contributed by atoms with Gasteiger partial charge in [0, 0.05) is 43.1 Å². The zero-order chi connectivity index (χ0) is 44.0. The van der Waals surface area contributed by atoms with E-state index in [0.29, 0.717) is 5.95 Å². The van der Waals surface area contributed by atoms with E-state index in [-0.39, 0.29) is 0 Å². The Morgan fingerprint density at radius 2 is 0.985 bits per heavy atom. The third-order valence-corrected chi connectivity index (χ3v) is 14.7. The van der Waals surface area contributed by atoms with Crippen LogP contribution in [0.5, 0.6) is 0 Å². The number of benzene rings is 10. The fourth-order valence-electron chi connectivity index (χ4n) is 10.5. The molecule has 0 saturated heterocycles. The molecule has 0 unspecified atom stereocenters. The lowest BCUT2D eigenvalue weighted by molar-refractivity contribution is 1.02. The van der Waals surface area contributed by atoms with E-state index in [1.54, 1.807) is 11.3 Å². The van der Waals surface area contributed by atoms with E-state index in [0.717, 1.165) is 64.8 Å². The molecule has 67 heavy (non-hydrogen) atoms. The van der Waals surface area contributed by atoms with Crippen molar-refractivity contribution in [2.24, 2.45) is 0 Å². The lowest BCUT2D eigenvalue weighted by Gasteiger charge is -2.12. The normalized spacial score (nSPS) is 11.9. The molecule has 4 heterocycles. The minimum Gasteiger partial charge on any atom is -0.309 e. The monoisotopic (exact) mass is 870 g/mol. The summed E-state index contributed by atoms with van der Waals surface area (Å²) < 4.78 is 5.77. The van der Waals surface area contributed by atoms with Crippen LogP contribution in [-0.2, 0) is 0 Å². The molecule has 0 saturated carbocycles. The van der Waals surface area contributed by atoms with E-state index in [1.165, 1.54) is 60.2 Å². The number of aromatic nitrogens is 4. The molecule has 0 amide bonds. The molecule has 5 heteroatoms. The van der Waals surface area contributed by atoms with Crippen LogP contribution in [0, 0.1) is 0 Å². The van der Waals surface area contributed by atoms with Crippen LogP contribution in [0.2, 0.25) is 0 Å². The Hall–Kier alpha value is -8.64. The standard InChI is InChI=1S/C62H38N4S/c1-3-17-42(18-4-1)57-38-53-61(67-57)59(43-31-29-41(30-32-43)47-25-13-19-39-15-7-9-22-46(39)47)64-62(63-53)66-55-36-34-44(37-52(55)50-35-33-40-16-8-10-23-49(40)60(50)66)48-26-14-28-56-58(48)51-24-11-12-27-54(51)65(56)45-20-5-2-6-21-45/h1-38H. The first kappa shape index (κ1) is 37.7.